The molecular weight excluding hydrogens is 295 g/mol. The lowest BCUT2D eigenvalue weighted by Gasteiger charge is -2.03. The van der Waals surface area contributed by atoms with Crippen LogP contribution >= 0.6 is 11.8 Å². The lowest BCUT2D eigenvalue weighted by Crippen LogP contribution is -2.05. The summed E-state index contributed by atoms with van der Waals surface area (Å²) < 4.78 is 13.5. The molecule has 108 valence electrons. The summed E-state index contributed by atoms with van der Waals surface area (Å²) in [6.45, 7) is 0. The summed E-state index contributed by atoms with van der Waals surface area (Å²) in [5.74, 6) is -1.16. The van der Waals surface area contributed by atoms with E-state index in [4.69, 9.17) is 5.11 Å². The van der Waals surface area contributed by atoms with Gasteiger partial charge in [-0.3, -0.25) is 4.79 Å². The van der Waals surface area contributed by atoms with Crippen LogP contribution in [-0.2, 0) is 10.5 Å². The predicted octanol–water partition coefficient (Wildman–Crippen LogP) is 2.30. The molecule has 0 amide bonds. The standard InChI is InChI=1S/C14H11FN2O3S/c15-11-3-1-9(7-10(11)2-4-13(19)20)8-21-14-16-6-5-12(18)17-14/h1-7H,8H2,(H,19,20)(H,16,17,18). The smallest absolute Gasteiger partial charge is 0.328 e. The SMILES string of the molecule is O=C(O)C=Cc1cc(CSc2nccc(=O)[nH]2)ccc1F. The zero-order valence-electron chi connectivity index (χ0n) is 10.7. The van der Waals surface area contributed by atoms with E-state index in [1.54, 1.807) is 12.1 Å². The number of nitrogens with zero attached hydrogens (tertiary/aromatic N) is 1. The molecular formula is C14H11FN2O3S. The van der Waals surface area contributed by atoms with Crippen molar-refractivity contribution in [1.82, 2.24) is 9.97 Å². The molecule has 0 radical (unpaired) electrons. The second-order valence-corrected chi connectivity index (χ2v) is 5.02. The fourth-order valence-electron chi connectivity index (χ4n) is 1.55. The molecule has 1 aromatic heterocycles. The number of nitrogens with one attached hydrogen (secondary N) is 1. The fourth-order valence-corrected chi connectivity index (χ4v) is 2.34. The van der Waals surface area contributed by atoms with Crippen LogP contribution in [0.1, 0.15) is 11.1 Å². The molecule has 0 aliphatic carbocycles. The highest BCUT2D eigenvalue weighted by Crippen LogP contribution is 2.20. The van der Waals surface area contributed by atoms with Crippen LogP contribution in [0.5, 0.6) is 0 Å². The van der Waals surface area contributed by atoms with Crippen LogP contribution in [0.3, 0.4) is 0 Å². The Labute approximate surface area is 123 Å². The lowest BCUT2D eigenvalue weighted by molar-refractivity contribution is -0.131. The van der Waals surface area contributed by atoms with Gasteiger partial charge in [-0.1, -0.05) is 17.8 Å². The quantitative estimate of drug-likeness (QED) is 0.503. The largest absolute Gasteiger partial charge is 0.478 e. The van der Waals surface area contributed by atoms with E-state index >= 15 is 0 Å². The number of aliphatic carboxylic acids is 1. The van der Waals surface area contributed by atoms with Crippen molar-refractivity contribution in [2.75, 3.05) is 0 Å². The minimum atomic E-state index is -1.14. The highest BCUT2D eigenvalue weighted by Gasteiger charge is 2.03. The van der Waals surface area contributed by atoms with E-state index in [-0.39, 0.29) is 11.1 Å². The molecule has 2 rings (SSSR count). The second-order valence-electron chi connectivity index (χ2n) is 4.06. The van der Waals surface area contributed by atoms with Crippen LogP contribution in [0, 0.1) is 5.82 Å². The van der Waals surface area contributed by atoms with Gasteiger partial charge in [0.05, 0.1) is 0 Å². The fraction of sp³-hybridized carbons (Fsp3) is 0.0714. The van der Waals surface area contributed by atoms with Crippen molar-refractivity contribution in [2.45, 2.75) is 10.9 Å². The van der Waals surface area contributed by atoms with E-state index in [1.165, 1.54) is 36.2 Å². The molecule has 1 heterocycles. The van der Waals surface area contributed by atoms with E-state index in [0.717, 1.165) is 11.6 Å². The summed E-state index contributed by atoms with van der Waals surface area (Å²) in [4.78, 5) is 28.2. The Morgan fingerprint density at radius 2 is 2.24 bits per heavy atom. The number of halogens is 1. The molecule has 0 bridgehead atoms. The Hall–Kier alpha value is -2.41. The van der Waals surface area contributed by atoms with Crippen LogP contribution in [0.2, 0.25) is 0 Å². The van der Waals surface area contributed by atoms with Crippen LogP contribution in [0.4, 0.5) is 4.39 Å². The van der Waals surface area contributed by atoms with Gasteiger partial charge < -0.3 is 10.1 Å². The van der Waals surface area contributed by atoms with Crippen molar-refractivity contribution >= 4 is 23.8 Å². The van der Waals surface area contributed by atoms with Crippen LogP contribution in [-0.4, -0.2) is 21.0 Å². The number of aromatic amines is 1. The molecule has 2 aromatic rings. The number of aromatic nitrogens is 2. The molecule has 0 unspecified atom stereocenters. The van der Waals surface area contributed by atoms with Gasteiger partial charge in [0.1, 0.15) is 5.82 Å². The third-order valence-electron chi connectivity index (χ3n) is 2.49. The Kier molecular flexibility index (Phi) is 4.89. The minimum Gasteiger partial charge on any atom is -0.478 e. The van der Waals surface area contributed by atoms with Gasteiger partial charge in [0, 0.05) is 29.7 Å². The van der Waals surface area contributed by atoms with Crippen molar-refractivity contribution in [3.8, 4) is 0 Å². The summed E-state index contributed by atoms with van der Waals surface area (Å²) in [5.41, 5.74) is 0.750. The number of carboxylic acid groups (broad SMARTS) is 1. The number of H-pyrrole nitrogens is 1. The van der Waals surface area contributed by atoms with E-state index in [2.05, 4.69) is 9.97 Å². The Morgan fingerprint density at radius 3 is 2.95 bits per heavy atom. The third kappa shape index (κ3) is 4.57. The van der Waals surface area contributed by atoms with Crippen LogP contribution in [0.15, 0.2) is 46.5 Å². The molecule has 1 aromatic carbocycles. The van der Waals surface area contributed by atoms with Gasteiger partial charge in [-0.15, -0.1) is 0 Å². The van der Waals surface area contributed by atoms with Crippen molar-refractivity contribution in [3.63, 3.8) is 0 Å². The maximum Gasteiger partial charge on any atom is 0.328 e. The van der Waals surface area contributed by atoms with Gasteiger partial charge in [0.25, 0.3) is 5.56 Å². The van der Waals surface area contributed by atoms with Crippen molar-refractivity contribution in [2.24, 2.45) is 0 Å². The second kappa shape index (κ2) is 6.85. The molecule has 0 atom stereocenters. The van der Waals surface area contributed by atoms with E-state index in [1.807, 2.05) is 0 Å². The lowest BCUT2D eigenvalue weighted by atomic mass is 10.1. The monoisotopic (exact) mass is 306 g/mol. The maximum atomic E-state index is 13.5. The van der Waals surface area contributed by atoms with Gasteiger partial charge in [-0.25, -0.2) is 14.2 Å². The number of carboxylic acids is 1. The molecule has 5 nitrogen and oxygen atoms in total. The summed E-state index contributed by atoms with van der Waals surface area (Å²) in [5, 5.41) is 9.02. The summed E-state index contributed by atoms with van der Waals surface area (Å²) in [7, 11) is 0. The Bertz CT molecular complexity index is 743. The summed E-state index contributed by atoms with van der Waals surface area (Å²) in [6, 6.07) is 5.75. The number of hydrogen-bond donors (Lipinski definition) is 2. The first kappa shape index (κ1) is 15.0. The average molecular weight is 306 g/mol. The normalized spacial score (nSPS) is 10.9. The minimum absolute atomic E-state index is 0.199. The zero-order valence-corrected chi connectivity index (χ0v) is 11.6. The molecule has 2 N–H and O–H groups in total. The Balaban J connectivity index is 2.12. The number of benzene rings is 1. The van der Waals surface area contributed by atoms with E-state index in [0.29, 0.717) is 10.9 Å². The van der Waals surface area contributed by atoms with Gasteiger partial charge in [0.2, 0.25) is 0 Å². The molecule has 0 aliphatic rings. The van der Waals surface area contributed by atoms with E-state index < -0.39 is 11.8 Å². The topological polar surface area (TPSA) is 83.0 Å². The first-order valence-electron chi connectivity index (χ1n) is 5.92. The zero-order chi connectivity index (χ0) is 15.2. The Morgan fingerprint density at radius 1 is 1.43 bits per heavy atom. The van der Waals surface area contributed by atoms with Crippen molar-refractivity contribution < 1.29 is 14.3 Å². The van der Waals surface area contributed by atoms with Crippen molar-refractivity contribution in [1.29, 1.82) is 0 Å². The van der Waals surface area contributed by atoms with Gasteiger partial charge in [-0.05, 0) is 23.8 Å². The van der Waals surface area contributed by atoms with Crippen LogP contribution in [0.25, 0.3) is 6.08 Å². The summed E-state index contributed by atoms with van der Waals surface area (Å²) >= 11 is 1.30. The average Bonchev–Trinajstić information content (AvgIpc) is 2.45. The first-order valence-corrected chi connectivity index (χ1v) is 6.91. The van der Waals surface area contributed by atoms with Gasteiger partial charge >= 0.3 is 5.97 Å². The predicted molar refractivity (Wildman–Crippen MR) is 77.5 cm³/mol. The highest BCUT2D eigenvalue weighted by atomic mass is 32.2. The highest BCUT2D eigenvalue weighted by molar-refractivity contribution is 7.98. The van der Waals surface area contributed by atoms with Gasteiger partial charge in [-0.2, -0.15) is 0 Å². The molecule has 0 spiro atoms. The molecule has 7 heteroatoms. The molecule has 0 aliphatic heterocycles. The van der Waals surface area contributed by atoms with E-state index in [9.17, 15) is 14.0 Å². The van der Waals surface area contributed by atoms with Gasteiger partial charge in [0.15, 0.2) is 5.16 Å². The number of hydrogen-bond acceptors (Lipinski definition) is 4. The first-order chi connectivity index (χ1) is 10.0. The van der Waals surface area contributed by atoms with Crippen molar-refractivity contribution in [3.05, 3.63) is 63.8 Å². The molecule has 0 fully saturated rings. The molecule has 0 saturated heterocycles. The third-order valence-corrected chi connectivity index (χ3v) is 3.45. The number of rotatable bonds is 5. The van der Waals surface area contributed by atoms with Crippen LogP contribution < -0.4 is 5.56 Å². The molecule has 0 saturated carbocycles. The number of carbonyl (C=O) groups is 1. The molecule has 21 heavy (non-hydrogen) atoms. The number of thioether (sulfide) groups is 1. The summed E-state index contributed by atoms with van der Waals surface area (Å²) in [6.07, 6.45) is 3.49. The maximum absolute atomic E-state index is 13.5.